The van der Waals surface area contributed by atoms with E-state index in [2.05, 4.69) is 26.9 Å². The average Bonchev–Trinajstić information content (AvgIpc) is 3.00. The molecule has 5 rings (SSSR count). The number of carbonyl (C=O) groups excluding carboxylic acids is 1. The van der Waals surface area contributed by atoms with Crippen LogP contribution in [0.3, 0.4) is 0 Å². The van der Waals surface area contributed by atoms with Crippen LogP contribution in [0.1, 0.15) is 12.8 Å². The zero-order valence-electron chi connectivity index (χ0n) is 17.0. The van der Waals surface area contributed by atoms with E-state index in [1.807, 2.05) is 35.2 Å². The van der Waals surface area contributed by atoms with Crippen LogP contribution in [0, 0.1) is 0 Å². The smallest absolute Gasteiger partial charge is 0.236 e. The lowest BCUT2D eigenvalue weighted by Crippen LogP contribution is -2.46. The van der Waals surface area contributed by atoms with E-state index in [4.69, 9.17) is 16.6 Å². The molecule has 6 nitrogen and oxygen atoms in total. The van der Waals surface area contributed by atoms with Gasteiger partial charge in [-0.2, -0.15) is 0 Å². The summed E-state index contributed by atoms with van der Waals surface area (Å²) in [6.07, 6.45) is 2.18. The standard InChI is InChI=1S/C23H26ClN5O/c24-19-8-7-17(15-18(19)23-25-20-5-1-2-6-21(20)26-23)28-11-4-12-29(14-13-28)22(30)16-27-9-3-10-27/h1-2,5-8,15H,3-4,9-14,16H2,(H,25,26). The summed E-state index contributed by atoms with van der Waals surface area (Å²) in [5.41, 5.74) is 3.95. The zero-order valence-corrected chi connectivity index (χ0v) is 17.7. The van der Waals surface area contributed by atoms with Crippen molar-refractivity contribution in [1.82, 2.24) is 19.8 Å². The van der Waals surface area contributed by atoms with Gasteiger partial charge >= 0.3 is 0 Å². The number of nitrogens with one attached hydrogen (secondary N) is 1. The van der Waals surface area contributed by atoms with E-state index >= 15 is 0 Å². The molecule has 2 aliphatic rings. The number of hydrogen-bond acceptors (Lipinski definition) is 4. The number of aromatic nitrogens is 2. The summed E-state index contributed by atoms with van der Waals surface area (Å²) >= 11 is 6.53. The van der Waals surface area contributed by atoms with Crippen LogP contribution in [0.15, 0.2) is 42.5 Å². The molecule has 0 spiro atoms. The van der Waals surface area contributed by atoms with Gasteiger partial charge in [-0.1, -0.05) is 23.7 Å². The second-order valence-electron chi connectivity index (χ2n) is 8.12. The third-order valence-electron chi connectivity index (χ3n) is 6.12. The average molecular weight is 424 g/mol. The van der Waals surface area contributed by atoms with Gasteiger partial charge in [-0.05, 0) is 56.3 Å². The van der Waals surface area contributed by atoms with E-state index < -0.39 is 0 Å². The highest BCUT2D eigenvalue weighted by Crippen LogP contribution is 2.32. The number of para-hydroxylation sites is 2. The number of amides is 1. The highest BCUT2D eigenvalue weighted by molar-refractivity contribution is 6.33. The van der Waals surface area contributed by atoms with Crippen LogP contribution >= 0.6 is 11.6 Å². The number of benzene rings is 2. The molecule has 0 unspecified atom stereocenters. The molecule has 7 heteroatoms. The van der Waals surface area contributed by atoms with E-state index in [0.29, 0.717) is 11.6 Å². The molecule has 0 radical (unpaired) electrons. The van der Waals surface area contributed by atoms with Crippen molar-refractivity contribution in [2.45, 2.75) is 12.8 Å². The Morgan fingerprint density at radius 1 is 1.00 bits per heavy atom. The molecule has 1 N–H and O–H groups in total. The van der Waals surface area contributed by atoms with Crippen LogP contribution in [-0.4, -0.2) is 71.5 Å². The third-order valence-corrected chi connectivity index (χ3v) is 6.45. The van der Waals surface area contributed by atoms with E-state index in [1.165, 1.54) is 6.42 Å². The zero-order chi connectivity index (χ0) is 20.5. The van der Waals surface area contributed by atoms with Crippen molar-refractivity contribution in [3.8, 4) is 11.4 Å². The number of fused-ring (bicyclic) bond motifs is 1. The minimum absolute atomic E-state index is 0.260. The van der Waals surface area contributed by atoms with Gasteiger partial charge in [0.2, 0.25) is 5.91 Å². The van der Waals surface area contributed by atoms with Gasteiger partial charge in [0.25, 0.3) is 0 Å². The van der Waals surface area contributed by atoms with Crippen molar-refractivity contribution in [2.24, 2.45) is 0 Å². The van der Waals surface area contributed by atoms with Crippen molar-refractivity contribution in [1.29, 1.82) is 0 Å². The van der Waals surface area contributed by atoms with Gasteiger partial charge in [0.15, 0.2) is 0 Å². The molecule has 30 heavy (non-hydrogen) atoms. The van der Waals surface area contributed by atoms with Crippen LogP contribution in [0.4, 0.5) is 5.69 Å². The number of halogens is 1. The maximum Gasteiger partial charge on any atom is 0.236 e. The summed E-state index contributed by atoms with van der Waals surface area (Å²) < 4.78 is 0. The maximum absolute atomic E-state index is 12.6. The van der Waals surface area contributed by atoms with Crippen molar-refractivity contribution >= 4 is 34.2 Å². The first kappa shape index (κ1) is 19.4. The van der Waals surface area contributed by atoms with Gasteiger partial charge in [-0.3, -0.25) is 9.69 Å². The Morgan fingerprint density at radius 2 is 1.83 bits per heavy atom. The second-order valence-corrected chi connectivity index (χ2v) is 8.52. The lowest BCUT2D eigenvalue weighted by molar-refractivity contribution is -0.133. The van der Waals surface area contributed by atoms with E-state index in [-0.39, 0.29) is 5.91 Å². The maximum atomic E-state index is 12.6. The molecule has 156 valence electrons. The number of rotatable bonds is 4. The topological polar surface area (TPSA) is 55.5 Å². The first-order valence-electron chi connectivity index (χ1n) is 10.7. The quantitative estimate of drug-likeness (QED) is 0.696. The SMILES string of the molecule is O=C(CN1CCC1)N1CCCN(c2ccc(Cl)c(-c3nc4ccccc4[nH]3)c2)CC1. The summed E-state index contributed by atoms with van der Waals surface area (Å²) in [5, 5.41) is 0.680. The molecule has 0 aliphatic carbocycles. The van der Waals surface area contributed by atoms with Crippen LogP contribution in [0.5, 0.6) is 0 Å². The van der Waals surface area contributed by atoms with Crippen molar-refractivity contribution in [3.05, 3.63) is 47.5 Å². The Morgan fingerprint density at radius 3 is 2.63 bits per heavy atom. The fourth-order valence-corrected chi connectivity index (χ4v) is 4.44. The Balaban J connectivity index is 1.33. The molecular weight excluding hydrogens is 398 g/mol. The summed E-state index contributed by atoms with van der Waals surface area (Å²) in [6, 6.07) is 14.1. The fourth-order valence-electron chi connectivity index (χ4n) is 4.23. The van der Waals surface area contributed by atoms with Crippen LogP contribution in [-0.2, 0) is 4.79 Å². The minimum Gasteiger partial charge on any atom is -0.370 e. The van der Waals surface area contributed by atoms with Crippen LogP contribution < -0.4 is 4.90 Å². The number of imidazole rings is 1. The van der Waals surface area contributed by atoms with Gasteiger partial charge in [-0.25, -0.2) is 4.98 Å². The van der Waals surface area contributed by atoms with Gasteiger partial charge in [0.1, 0.15) is 5.82 Å². The summed E-state index contributed by atoms with van der Waals surface area (Å²) in [5.74, 6) is 1.04. The molecule has 2 saturated heterocycles. The number of nitrogens with zero attached hydrogens (tertiary/aromatic N) is 4. The number of H-pyrrole nitrogens is 1. The van der Waals surface area contributed by atoms with Gasteiger partial charge in [0.05, 0.1) is 22.6 Å². The highest BCUT2D eigenvalue weighted by atomic mass is 35.5. The van der Waals surface area contributed by atoms with Crippen LogP contribution in [0.2, 0.25) is 5.02 Å². The number of aromatic amines is 1. The van der Waals surface area contributed by atoms with E-state index in [9.17, 15) is 4.79 Å². The minimum atomic E-state index is 0.260. The first-order valence-corrected chi connectivity index (χ1v) is 11.0. The molecule has 1 amide bonds. The molecule has 0 atom stereocenters. The third kappa shape index (κ3) is 3.89. The number of hydrogen-bond donors (Lipinski definition) is 1. The largest absolute Gasteiger partial charge is 0.370 e. The predicted octanol–water partition coefficient (Wildman–Crippen LogP) is 3.63. The monoisotopic (exact) mass is 423 g/mol. The van der Waals surface area contributed by atoms with Crippen molar-refractivity contribution in [3.63, 3.8) is 0 Å². The molecule has 1 aromatic heterocycles. The Bertz CT molecular complexity index is 1030. The van der Waals surface area contributed by atoms with E-state index in [0.717, 1.165) is 73.8 Å². The van der Waals surface area contributed by atoms with Crippen molar-refractivity contribution in [2.75, 3.05) is 50.7 Å². The molecule has 2 fully saturated rings. The summed E-state index contributed by atoms with van der Waals surface area (Å²) in [7, 11) is 0. The number of anilines is 1. The Hall–Kier alpha value is -2.57. The highest BCUT2D eigenvalue weighted by Gasteiger charge is 2.24. The van der Waals surface area contributed by atoms with Gasteiger partial charge < -0.3 is 14.8 Å². The normalized spacial score (nSPS) is 17.8. The number of carbonyl (C=O) groups is 1. The van der Waals surface area contributed by atoms with Crippen LogP contribution in [0.25, 0.3) is 22.4 Å². The summed E-state index contributed by atoms with van der Waals surface area (Å²) in [4.78, 5) is 27.3. The lowest BCUT2D eigenvalue weighted by atomic mass is 10.1. The predicted molar refractivity (Wildman–Crippen MR) is 121 cm³/mol. The lowest BCUT2D eigenvalue weighted by Gasteiger charge is -2.32. The van der Waals surface area contributed by atoms with Gasteiger partial charge in [-0.15, -0.1) is 0 Å². The Labute approximate surface area is 181 Å². The van der Waals surface area contributed by atoms with Gasteiger partial charge in [0, 0.05) is 37.4 Å². The second kappa shape index (κ2) is 8.28. The van der Waals surface area contributed by atoms with E-state index in [1.54, 1.807) is 0 Å². The molecular formula is C23H26ClN5O. The molecule has 3 heterocycles. The molecule has 3 aromatic rings. The molecule has 0 saturated carbocycles. The molecule has 2 aromatic carbocycles. The first-order chi connectivity index (χ1) is 14.7. The fraction of sp³-hybridized carbons (Fsp3) is 0.391. The Kier molecular flexibility index (Phi) is 5.35. The summed E-state index contributed by atoms with van der Waals surface area (Å²) in [6.45, 7) is 6.02. The molecule has 2 aliphatic heterocycles. The number of likely N-dealkylation sites (tertiary alicyclic amines) is 1. The van der Waals surface area contributed by atoms with Crippen molar-refractivity contribution < 1.29 is 4.79 Å². The molecule has 0 bridgehead atoms.